The summed E-state index contributed by atoms with van der Waals surface area (Å²) in [6.07, 6.45) is -10.9. The first-order valence-electron chi connectivity index (χ1n) is 12.2. The van der Waals surface area contributed by atoms with Crippen LogP contribution in [0.3, 0.4) is 0 Å². The van der Waals surface area contributed by atoms with Crippen molar-refractivity contribution in [1.29, 1.82) is 0 Å². The van der Waals surface area contributed by atoms with Gasteiger partial charge in [0, 0.05) is 41.6 Å². The third-order valence-corrected chi connectivity index (χ3v) is 7.88. The molecule has 228 valence electrons. The molecule has 0 radical (unpaired) electrons. The largest absolute Gasteiger partial charge is 0.435 e. The number of halogens is 10. The Labute approximate surface area is 233 Å². The monoisotopic (exact) mass is 632 g/mol. The van der Waals surface area contributed by atoms with Crippen molar-refractivity contribution in [2.75, 3.05) is 13.1 Å². The van der Waals surface area contributed by atoms with Gasteiger partial charge in [0.2, 0.25) is 12.2 Å². The Morgan fingerprint density at radius 2 is 1.48 bits per heavy atom. The number of aromatic nitrogens is 3. The number of fused-ring (bicyclic) bond motifs is 1. The molecule has 0 unspecified atom stereocenters. The Morgan fingerprint density at radius 1 is 0.905 bits per heavy atom. The van der Waals surface area contributed by atoms with E-state index in [2.05, 4.69) is 10.1 Å². The number of thiazole rings is 1. The molecule has 5 rings (SSSR count). The Balaban J connectivity index is 1.21. The molecular weight excluding hydrogens is 614 g/mol. The summed E-state index contributed by atoms with van der Waals surface area (Å²) in [5.41, 5.74) is -4.27. The van der Waals surface area contributed by atoms with Gasteiger partial charge in [0.1, 0.15) is 17.9 Å². The van der Waals surface area contributed by atoms with Gasteiger partial charge < -0.3 is 14.4 Å². The van der Waals surface area contributed by atoms with E-state index in [0.29, 0.717) is 17.8 Å². The van der Waals surface area contributed by atoms with E-state index in [4.69, 9.17) is 9.47 Å². The number of hydrogen-bond acceptors (Lipinski definition) is 6. The summed E-state index contributed by atoms with van der Waals surface area (Å²) in [5, 5.41) is 5.07. The van der Waals surface area contributed by atoms with Crippen LogP contribution in [-0.2, 0) is 46.4 Å². The molecule has 1 aromatic carbocycles. The van der Waals surface area contributed by atoms with Gasteiger partial charge in [0.15, 0.2) is 29.0 Å². The minimum atomic E-state index is -5.16. The van der Waals surface area contributed by atoms with Gasteiger partial charge in [-0.15, -0.1) is 11.3 Å². The van der Waals surface area contributed by atoms with Gasteiger partial charge in [-0.3, -0.25) is 9.48 Å². The van der Waals surface area contributed by atoms with Crippen LogP contribution in [0.2, 0.25) is 0 Å². The molecule has 2 aliphatic heterocycles. The molecule has 3 aromatic rings. The average Bonchev–Trinajstić information content (AvgIpc) is 3.54. The topological polar surface area (TPSA) is 69.5 Å². The fraction of sp³-hybridized carbons (Fsp3) is 0.458. The predicted molar refractivity (Wildman–Crippen MR) is 121 cm³/mol. The standard InChI is InChI=1S/C24H18F10N4O3S/c25-17-11-7-40-22(41-8-12(11)18(26)20(28)19(17)27)13-9-42-21(35-13)10-1-3-37(4-2-10)16(39)6-38-15(24(32,33)34)5-14(36-38)23(29,30)31/h5,9-10,22H,1-4,6-8H2. The van der Waals surface area contributed by atoms with Crippen molar-refractivity contribution in [3.05, 3.63) is 67.9 Å². The second-order valence-corrected chi connectivity index (χ2v) is 10.4. The third kappa shape index (κ3) is 5.83. The zero-order chi connectivity index (χ0) is 30.6. The molecule has 0 bridgehead atoms. The van der Waals surface area contributed by atoms with E-state index in [0.717, 1.165) is 0 Å². The summed E-state index contributed by atoms with van der Waals surface area (Å²) >= 11 is 1.19. The number of nitrogens with zero attached hydrogens (tertiary/aromatic N) is 4. The minimum absolute atomic E-state index is 0.00408. The average molecular weight is 632 g/mol. The number of rotatable bonds is 4. The maximum Gasteiger partial charge on any atom is 0.435 e. The molecule has 0 aliphatic carbocycles. The summed E-state index contributed by atoms with van der Waals surface area (Å²) < 4.78 is 145. The lowest BCUT2D eigenvalue weighted by atomic mass is 9.97. The van der Waals surface area contributed by atoms with E-state index in [-0.39, 0.29) is 35.4 Å². The first-order valence-corrected chi connectivity index (χ1v) is 13.0. The molecule has 7 nitrogen and oxygen atoms in total. The highest BCUT2D eigenvalue weighted by atomic mass is 32.1. The first-order chi connectivity index (χ1) is 19.6. The van der Waals surface area contributed by atoms with Crippen molar-refractivity contribution in [1.82, 2.24) is 19.7 Å². The summed E-state index contributed by atoms with van der Waals surface area (Å²) in [7, 11) is 0. The fourth-order valence-corrected chi connectivity index (χ4v) is 5.66. The van der Waals surface area contributed by atoms with Crippen LogP contribution in [0.1, 0.15) is 58.3 Å². The highest BCUT2D eigenvalue weighted by Gasteiger charge is 2.42. The predicted octanol–water partition coefficient (Wildman–Crippen LogP) is 6.09. The number of ether oxygens (including phenoxy) is 2. The fourth-order valence-electron chi connectivity index (χ4n) is 4.66. The van der Waals surface area contributed by atoms with Crippen molar-refractivity contribution < 1.29 is 58.2 Å². The molecule has 42 heavy (non-hydrogen) atoms. The zero-order valence-electron chi connectivity index (χ0n) is 21.0. The lowest BCUT2D eigenvalue weighted by Gasteiger charge is -2.31. The van der Waals surface area contributed by atoms with Crippen LogP contribution in [0.4, 0.5) is 43.9 Å². The molecule has 2 aromatic heterocycles. The van der Waals surface area contributed by atoms with E-state index >= 15 is 0 Å². The highest BCUT2D eigenvalue weighted by Crippen LogP contribution is 2.37. The number of benzene rings is 1. The summed E-state index contributed by atoms with van der Waals surface area (Å²) in [5.74, 6) is -8.16. The number of hydrogen-bond donors (Lipinski definition) is 0. The van der Waals surface area contributed by atoms with Gasteiger partial charge in [-0.2, -0.15) is 31.4 Å². The van der Waals surface area contributed by atoms with Gasteiger partial charge in [-0.1, -0.05) is 0 Å². The molecule has 18 heteroatoms. The van der Waals surface area contributed by atoms with Crippen LogP contribution in [0.15, 0.2) is 11.4 Å². The normalized spacial score (nSPS) is 17.4. The lowest BCUT2D eigenvalue weighted by Crippen LogP contribution is -2.40. The molecule has 0 atom stereocenters. The second kappa shape index (κ2) is 11.1. The summed E-state index contributed by atoms with van der Waals surface area (Å²) in [4.78, 5) is 18.3. The van der Waals surface area contributed by atoms with Crippen LogP contribution < -0.4 is 0 Å². The highest BCUT2D eigenvalue weighted by molar-refractivity contribution is 7.09. The number of likely N-dealkylation sites (tertiary alicyclic amines) is 1. The zero-order valence-corrected chi connectivity index (χ0v) is 21.8. The molecule has 1 amide bonds. The van der Waals surface area contributed by atoms with Crippen molar-refractivity contribution in [3.8, 4) is 0 Å². The van der Waals surface area contributed by atoms with Crippen LogP contribution in [0.25, 0.3) is 0 Å². The van der Waals surface area contributed by atoms with Gasteiger partial charge in [-0.05, 0) is 12.8 Å². The van der Waals surface area contributed by atoms with Gasteiger partial charge in [0.05, 0.1) is 18.2 Å². The van der Waals surface area contributed by atoms with Gasteiger partial charge in [0.25, 0.3) is 0 Å². The number of alkyl halides is 6. The Kier molecular flexibility index (Phi) is 7.99. The molecule has 2 aliphatic rings. The van der Waals surface area contributed by atoms with Crippen molar-refractivity contribution >= 4 is 17.2 Å². The number of carbonyl (C=O) groups is 1. The first kappa shape index (κ1) is 30.2. The Hall–Kier alpha value is -3.25. The Morgan fingerprint density at radius 3 is 2.00 bits per heavy atom. The molecule has 4 heterocycles. The van der Waals surface area contributed by atoms with E-state index in [1.807, 2.05) is 0 Å². The molecule has 0 saturated carbocycles. The number of carbonyl (C=O) groups excluding carboxylic acids is 1. The van der Waals surface area contributed by atoms with E-state index in [1.54, 1.807) is 5.38 Å². The maximum absolute atomic E-state index is 14.2. The van der Waals surface area contributed by atoms with Crippen LogP contribution in [0, 0.1) is 23.3 Å². The van der Waals surface area contributed by atoms with Gasteiger partial charge >= 0.3 is 12.4 Å². The van der Waals surface area contributed by atoms with E-state index < -0.39 is 90.1 Å². The second-order valence-electron chi connectivity index (χ2n) is 9.50. The SMILES string of the molecule is O=C(Cn1nc(C(F)(F)F)cc1C(F)(F)F)N1CCC(c2nc(C3OCc4c(F)c(F)c(F)c(F)c4CO3)cs2)CC1. The maximum atomic E-state index is 14.2. The summed E-state index contributed by atoms with van der Waals surface area (Å²) in [6.45, 7) is -2.12. The molecule has 0 N–H and O–H groups in total. The molecular formula is C24H18F10N4O3S. The van der Waals surface area contributed by atoms with Crippen molar-refractivity contribution in [3.63, 3.8) is 0 Å². The smallest absolute Gasteiger partial charge is 0.342 e. The molecule has 1 fully saturated rings. The quantitative estimate of drug-likeness (QED) is 0.198. The number of piperidine rings is 1. The lowest BCUT2D eigenvalue weighted by molar-refractivity contribution is -0.155. The minimum Gasteiger partial charge on any atom is -0.342 e. The number of amides is 1. The van der Waals surface area contributed by atoms with Crippen LogP contribution in [-0.4, -0.2) is 38.7 Å². The van der Waals surface area contributed by atoms with E-state index in [9.17, 15) is 48.7 Å². The van der Waals surface area contributed by atoms with E-state index in [1.165, 1.54) is 16.2 Å². The summed E-state index contributed by atoms with van der Waals surface area (Å²) in [6, 6.07) is -0.149. The molecule has 1 saturated heterocycles. The van der Waals surface area contributed by atoms with Crippen LogP contribution in [0.5, 0.6) is 0 Å². The van der Waals surface area contributed by atoms with Crippen LogP contribution >= 0.6 is 11.3 Å². The Bertz CT molecular complexity index is 1460. The van der Waals surface area contributed by atoms with Crippen molar-refractivity contribution in [2.24, 2.45) is 0 Å². The molecule has 0 spiro atoms. The van der Waals surface area contributed by atoms with Crippen molar-refractivity contribution in [2.45, 2.75) is 57.2 Å². The van der Waals surface area contributed by atoms with Gasteiger partial charge in [-0.25, -0.2) is 22.5 Å². The third-order valence-electron chi connectivity index (χ3n) is 6.85.